The summed E-state index contributed by atoms with van der Waals surface area (Å²) in [6.45, 7) is 0.762. The van der Waals surface area contributed by atoms with E-state index in [0.717, 1.165) is 0 Å². The Labute approximate surface area is 172 Å². The van der Waals surface area contributed by atoms with Gasteiger partial charge in [0.1, 0.15) is 0 Å². The molecule has 1 aromatic heterocycles. The second-order valence-electron chi connectivity index (χ2n) is 6.68. The Morgan fingerprint density at radius 2 is 1.93 bits per heavy atom. The van der Waals surface area contributed by atoms with E-state index in [9.17, 15) is 23.6 Å². The van der Waals surface area contributed by atoms with E-state index in [4.69, 9.17) is 0 Å². The number of para-hydroxylation sites is 1. The summed E-state index contributed by atoms with van der Waals surface area (Å²) in [6, 6.07) is 10.0. The average molecular weight is 432 g/mol. The summed E-state index contributed by atoms with van der Waals surface area (Å²) < 4.78 is 27.6. The lowest BCUT2D eigenvalue weighted by Gasteiger charge is -2.11. The fourth-order valence-corrected chi connectivity index (χ4v) is 3.75. The second-order valence-corrected chi connectivity index (χ2v) is 8.44. The largest absolute Gasteiger partial charge is 0.493 e. The third-order valence-corrected chi connectivity index (χ3v) is 5.68. The number of nitrogens with zero attached hydrogens (tertiary/aromatic N) is 4. The van der Waals surface area contributed by atoms with Crippen molar-refractivity contribution in [2.24, 2.45) is 10.2 Å². The molecule has 0 aliphatic rings. The van der Waals surface area contributed by atoms with E-state index in [0.29, 0.717) is 17.4 Å². The van der Waals surface area contributed by atoms with Gasteiger partial charge in [-0.25, -0.2) is 13.1 Å². The maximum atomic E-state index is 12.5. The van der Waals surface area contributed by atoms with Gasteiger partial charge in [-0.15, -0.1) is 10.2 Å². The lowest BCUT2D eigenvalue weighted by molar-refractivity contribution is -0.384. The van der Waals surface area contributed by atoms with Gasteiger partial charge in [-0.2, -0.15) is 0 Å². The van der Waals surface area contributed by atoms with Crippen molar-refractivity contribution >= 4 is 38.0 Å². The van der Waals surface area contributed by atoms with Crippen molar-refractivity contribution < 1.29 is 18.4 Å². The molecule has 0 atom stereocenters. The number of H-pyrrole nitrogens is 1. The van der Waals surface area contributed by atoms with Gasteiger partial charge < -0.3 is 15.0 Å². The summed E-state index contributed by atoms with van der Waals surface area (Å²) in [5.74, 6) is -0.331. The Balaban J connectivity index is 1.98. The first-order valence-corrected chi connectivity index (χ1v) is 10.3. The molecule has 1 heterocycles. The number of hydrogen-bond donors (Lipinski definition) is 3. The van der Waals surface area contributed by atoms with Crippen LogP contribution in [-0.2, 0) is 10.0 Å². The first-order chi connectivity index (χ1) is 14.2. The molecule has 0 bridgehead atoms. The first-order valence-electron chi connectivity index (χ1n) is 8.83. The molecule has 0 amide bonds. The summed E-state index contributed by atoms with van der Waals surface area (Å²) in [4.78, 5) is 15.1. The number of nitrogens with one attached hydrogen (secondary N) is 2. The first kappa shape index (κ1) is 21.4. The molecule has 30 heavy (non-hydrogen) atoms. The standard InChI is InChI=1S/C18H20N6O5S/c1-23(2)10-9-19-30(28,29)12-7-8-14-13(11-12)17(18(25)20-14)22-21-15-5-3-4-6-16(15)24(26)27/h3-8,11,19-20,25H,9-10H2,1-2H3. The zero-order valence-corrected chi connectivity index (χ0v) is 17.0. The minimum Gasteiger partial charge on any atom is -0.493 e. The van der Waals surface area contributed by atoms with Crippen molar-refractivity contribution in [3.8, 4) is 5.88 Å². The number of aromatic amines is 1. The van der Waals surface area contributed by atoms with E-state index >= 15 is 0 Å². The quantitative estimate of drug-likeness (QED) is 0.282. The highest BCUT2D eigenvalue weighted by atomic mass is 32.2. The van der Waals surface area contributed by atoms with Crippen LogP contribution in [0.15, 0.2) is 57.6 Å². The Morgan fingerprint density at radius 1 is 1.20 bits per heavy atom. The molecule has 0 aliphatic carbocycles. The van der Waals surface area contributed by atoms with Crippen LogP contribution < -0.4 is 4.72 Å². The van der Waals surface area contributed by atoms with Crippen molar-refractivity contribution in [3.63, 3.8) is 0 Å². The molecule has 0 saturated carbocycles. The average Bonchev–Trinajstić information content (AvgIpc) is 3.00. The number of nitro benzene ring substituents is 1. The van der Waals surface area contributed by atoms with Gasteiger partial charge >= 0.3 is 0 Å². The van der Waals surface area contributed by atoms with E-state index in [-0.39, 0.29) is 34.4 Å². The normalized spacial score (nSPS) is 12.2. The molecule has 0 radical (unpaired) electrons. The molecular weight excluding hydrogens is 412 g/mol. The van der Waals surface area contributed by atoms with Crippen LogP contribution >= 0.6 is 0 Å². The lowest BCUT2D eigenvalue weighted by atomic mass is 10.2. The van der Waals surface area contributed by atoms with Crippen LogP contribution in [0.1, 0.15) is 0 Å². The Kier molecular flexibility index (Phi) is 6.10. The number of sulfonamides is 1. The van der Waals surface area contributed by atoms with Gasteiger partial charge in [0.15, 0.2) is 11.4 Å². The third-order valence-electron chi connectivity index (χ3n) is 4.22. The monoisotopic (exact) mass is 432 g/mol. The maximum Gasteiger partial charge on any atom is 0.296 e. The summed E-state index contributed by atoms with van der Waals surface area (Å²) in [6.07, 6.45) is 0. The topological polar surface area (TPSA) is 153 Å². The Hall–Kier alpha value is -3.35. The molecule has 11 nitrogen and oxygen atoms in total. The molecule has 0 unspecified atom stereocenters. The zero-order chi connectivity index (χ0) is 21.9. The smallest absolute Gasteiger partial charge is 0.296 e. The minimum absolute atomic E-state index is 0.00472. The van der Waals surface area contributed by atoms with Gasteiger partial charge in [0, 0.05) is 24.5 Å². The van der Waals surface area contributed by atoms with Gasteiger partial charge in [0.2, 0.25) is 15.9 Å². The van der Waals surface area contributed by atoms with Crippen LogP contribution in [0.3, 0.4) is 0 Å². The zero-order valence-electron chi connectivity index (χ0n) is 16.2. The third kappa shape index (κ3) is 4.62. The van der Waals surface area contributed by atoms with Gasteiger partial charge in [0.05, 0.1) is 15.3 Å². The number of fused-ring (bicyclic) bond motifs is 1. The number of nitro groups is 1. The fraction of sp³-hybridized carbons (Fsp3) is 0.222. The molecule has 0 spiro atoms. The van der Waals surface area contributed by atoms with Gasteiger partial charge in [0.25, 0.3) is 5.69 Å². The predicted octanol–water partition coefficient (Wildman–Crippen LogP) is 3.04. The van der Waals surface area contributed by atoms with Crippen molar-refractivity contribution in [3.05, 3.63) is 52.6 Å². The van der Waals surface area contributed by atoms with Crippen molar-refractivity contribution in [2.45, 2.75) is 4.90 Å². The summed E-state index contributed by atoms with van der Waals surface area (Å²) in [7, 11) is -0.112. The van der Waals surface area contributed by atoms with Crippen molar-refractivity contribution in [1.82, 2.24) is 14.6 Å². The molecule has 3 rings (SSSR count). The van der Waals surface area contributed by atoms with Crippen LogP contribution in [0, 0.1) is 10.1 Å². The van der Waals surface area contributed by atoms with Crippen LogP contribution in [0.25, 0.3) is 10.9 Å². The minimum atomic E-state index is -3.77. The lowest BCUT2D eigenvalue weighted by Crippen LogP contribution is -2.31. The highest BCUT2D eigenvalue weighted by Gasteiger charge is 2.18. The number of benzene rings is 2. The number of hydrogen-bond acceptors (Lipinski definition) is 8. The molecule has 0 saturated heterocycles. The molecule has 158 valence electrons. The SMILES string of the molecule is CN(C)CCNS(=O)(=O)c1ccc2[nH]c(O)c(N=Nc3ccccc3[N+](=O)[O-])c2c1. The molecule has 2 aromatic carbocycles. The van der Waals surface area contributed by atoms with E-state index < -0.39 is 14.9 Å². The predicted molar refractivity (Wildman–Crippen MR) is 111 cm³/mol. The maximum absolute atomic E-state index is 12.5. The number of azo groups is 1. The van der Waals surface area contributed by atoms with Gasteiger partial charge in [-0.1, -0.05) is 12.1 Å². The summed E-state index contributed by atoms with van der Waals surface area (Å²) in [5, 5.41) is 29.4. The number of aromatic nitrogens is 1. The molecular formula is C18H20N6O5S. The van der Waals surface area contributed by atoms with E-state index in [1.807, 2.05) is 19.0 Å². The number of likely N-dealkylation sites (N-methyl/N-ethyl adjacent to an activating group) is 1. The van der Waals surface area contributed by atoms with E-state index in [2.05, 4.69) is 19.9 Å². The van der Waals surface area contributed by atoms with Crippen LogP contribution in [-0.4, -0.2) is 55.5 Å². The van der Waals surface area contributed by atoms with Gasteiger partial charge in [-0.3, -0.25) is 10.1 Å². The second kappa shape index (κ2) is 8.57. The molecule has 0 aliphatic heterocycles. The van der Waals surface area contributed by atoms with Crippen molar-refractivity contribution in [2.75, 3.05) is 27.2 Å². The molecule has 0 fully saturated rings. The highest BCUT2D eigenvalue weighted by Crippen LogP contribution is 2.38. The van der Waals surface area contributed by atoms with Crippen molar-refractivity contribution in [1.29, 1.82) is 0 Å². The highest BCUT2D eigenvalue weighted by molar-refractivity contribution is 7.89. The Morgan fingerprint density at radius 3 is 2.63 bits per heavy atom. The van der Waals surface area contributed by atoms with Crippen LogP contribution in [0.2, 0.25) is 0 Å². The Bertz CT molecular complexity index is 1220. The van der Waals surface area contributed by atoms with E-state index in [1.165, 1.54) is 36.4 Å². The molecule has 3 aromatic rings. The van der Waals surface area contributed by atoms with Gasteiger partial charge in [-0.05, 0) is 38.4 Å². The molecule has 12 heteroatoms. The summed E-state index contributed by atoms with van der Waals surface area (Å²) >= 11 is 0. The van der Waals surface area contributed by atoms with Crippen LogP contribution in [0.5, 0.6) is 5.88 Å². The number of rotatable bonds is 8. The number of aromatic hydroxyl groups is 1. The van der Waals surface area contributed by atoms with Crippen LogP contribution in [0.4, 0.5) is 17.1 Å². The molecule has 3 N–H and O–H groups in total. The summed E-state index contributed by atoms with van der Waals surface area (Å²) in [5.41, 5.74) is 0.184. The van der Waals surface area contributed by atoms with E-state index in [1.54, 1.807) is 6.07 Å². The fourth-order valence-electron chi connectivity index (χ4n) is 2.70.